The Balaban J connectivity index is 1.95. The predicted octanol–water partition coefficient (Wildman–Crippen LogP) is 7.87. The van der Waals surface area contributed by atoms with Crippen molar-refractivity contribution in [3.8, 4) is 0 Å². The largest absolute Gasteiger partial charge is 0.0622 e. The Hall–Kier alpha value is -3.12. The summed E-state index contributed by atoms with van der Waals surface area (Å²) in [4.78, 5) is 0. The molecular formula is C31H32. The van der Waals surface area contributed by atoms with Gasteiger partial charge in [-0.1, -0.05) is 91.0 Å². The van der Waals surface area contributed by atoms with Crippen molar-refractivity contribution in [3.05, 3.63) is 141 Å². The SMILES string of the molecule is Cc1ccc(Cc2cc(C)c(C)cc2C(C)(c2ccccc2)c2ccccc2)cc1C. The molecule has 0 saturated heterocycles. The summed E-state index contributed by atoms with van der Waals surface area (Å²) < 4.78 is 0. The Kier molecular flexibility index (Phi) is 5.83. The Morgan fingerprint density at radius 1 is 0.548 bits per heavy atom. The van der Waals surface area contributed by atoms with Crippen LogP contribution in [0.5, 0.6) is 0 Å². The van der Waals surface area contributed by atoms with Crippen LogP contribution in [0.15, 0.2) is 91.0 Å². The van der Waals surface area contributed by atoms with E-state index in [2.05, 4.69) is 126 Å². The first-order chi connectivity index (χ1) is 14.9. The van der Waals surface area contributed by atoms with Gasteiger partial charge in [-0.15, -0.1) is 0 Å². The van der Waals surface area contributed by atoms with Crippen molar-refractivity contribution in [2.75, 3.05) is 0 Å². The molecule has 4 aromatic rings. The third-order valence-corrected chi connectivity index (χ3v) is 6.93. The number of aryl methyl sites for hydroxylation is 4. The zero-order valence-electron chi connectivity index (χ0n) is 19.4. The third kappa shape index (κ3) is 4.08. The van der Waals surface area contributed by atoms with Crippen molar-refractivity contribution in [1.29, 1.82) is 0 Å². The summed E-state index contributed by atoms with van der Waals surface area (Å²) in [5, 5.41) is 0. The van der Waals surface area contributed by atoms with Gasteiger partial charge in [0.25, 0.3) is 0 Å². The maximum absolute atomic E-state index is 2.42. The molecule has 0 spiro atoms. The summed E-state index contributed by atoms with van der Waals surface area (Å²) in [6, 6.07) is 33.6. The molecule has 0 aromatic heterocycles. The summed E-state index contributed by atoms with van der Waals surface area (Å²) in [7, 11) is 0. The highest BCUT2D eigenvalue weighted by atomic mass is 14.4. The molecule has 0 fully saturated rings. The van der Waals surface area contributed by atoms with Crippen LogP contribution in [-0.4, -0.2) is 0 Å². The van der Waals surface area contributed by atoms with Gasteiger partial charge in [0.15, 0.2) is 0 Å². The third-order valence-electron chi connectivity index (χ3n) is 6.93. The number of benzene rings is 4. The molecule has 0 radical (unpaired) electrons. The molecule has 0 saturated carbocycles. The molecule has 0 N–H and O–H groups in total. The van der Waals surface area contributed by atoms with Gasteiger partial charge in [0, 0.05) is 5.41 Å². The average Bonchev–Trinajstić information content (AvgIpc) is 2.79. The highest BCUT2D eigenvalue weighted by molar-refractivity contribution is 5.55. The van der Waals surface area contributed by atoms with Crippen LogP contribution < -0.4 is 0 Å². The fourth-order valence-electron chi connectivity index (χ4n) is 4.64. The summed E-state index contributed by atoms with van der Waals surface area (Å²) in [6.45, 7) is 11.2. The molecule has 0 amide bonds. The van der Waals surface area contributed by atoms with Gasteiger partial charge in [-0.25, -0.2) is 0 Å². The standard InChI is InChI=1S/C31H32/c1-22-16-17-26(18-23(22)2)21-27-19-24(3)25(4)20-30(27)31(5,28-12-8-6-9-13-28)29-14-10-7-11-15-29/h6-20H,21H2,1-5H3. The molecule has 0 bridgehead atoms. The molecule has 0 heterocycles. The molecule has 156 valence electrons. The van der Waals surface area contributed by atoms with Crippen molar-refractivity contribution in [3.63, 3.8) is 0 Å². The summed E-state index contributed by atoms with van der Waals surface area (Å²) in [5.74, 6) is 0. The van der Waals surface area contributed by atoms with Crippen molar-refractivity contribution < 1.29 is 0 Å². The van der Waals surface area contributed by atoms with Crippen LogP contribution in [0, 0.1) is 27.7 Å². The zero-order valence-corrected chi connectivity index (χ0v) is 19.4. The summed E-state index contributed by atoms with van der Waals surface area (Å²) in [6.07, 6.45) is 0.937. The lowest BCUT2D eigenvalue weighted by atomic mass is 9.68. The van der Waals surface area contributed by atoms with Gasteiger partial charge in [-0.3, -0.25) is 0 Å². The van der Waals surface area contributed by atoms with E-state index in [1.54, 1.807) is 0 Å². The van der Waals surface area contributed by atoms with Crippen LogP contribution in [-0.2, 0) is 11.8 Å². The van der Waals surface area contributed by atoms with E-state index in [4.69, 9.17) is 0 Å². The molecule has 4 aromatic carbocycles. The molecule has 0 aliphatic heterocycles. The van der Waals surface area contributed by atoms with E-state index in [1.807, 2.05) is 0 Å². The first-order valence-electron chi connectivity index (χ1n) is 11.2. The van der Waals surface area contributed by atoms with Crippen molar-refractivity contribution in [2.45, 2.75) is 46.5 Å². The second-order valence-corrected chi connectivity index (χ2v) is 9.05. The Labute approximate surface area is 187 Å². The minimum atomic E-state index is -0.226. The lowest BCUT2D eigenvalue weighted by Crippen LogP contribution is -2.27. The van der Waals surface area contributed by atoms with Gasteiger partial charge >= 0.3 is 0 Å². The van der Waals surface area contributed by atoms with Gasteiger partial charge in [0.05, 0.1) is 0 Å². The number of hydrogen-bond acceptors (Lipinski definition) is 0. The van der Waals surface area contributed by atoms with Gasteiger partial charge in [-0.05, 0) is 91.1 Å². The second-order valence-electron chi connectivity index (χ2n) is 9.05. The normalized spacial score (nSPS) is 11.5. The molecule has 0 aliphatic carbocycles. The highest BCUT2D eigenvalue weighted by Gasteiger charge is 2.33. The van der Waals surface area contributed by atoms with Crippen molar-refractivity contribution in [1.82, 2.24) is 0 Å². The van der Waals surface area contributed by atoms with Gasteiger partial charge in [-0.2, -0.15) is 0 Å². The minimum absolute atomic E-state index is 0.226. The van der Waals surface area contributed by atoms with Crippen molar-refractivity contribution in [2.24, 2.45) is 0 Å². The van der Waals surface area contributed by atoms with Gasteiger partial charge < -0.3 is 0 Å². The fraction of sp³-hybridized carbons (Fsp3) is 0.226. The second kappa shape index (κ2) is 8.55. The summed E-state index contributed by atoms with van der Waals surface area (Å²) >= 11 is 0. The molecule has 0 heteroatoms. The first-order valence-corrected chi connectivity index (χ1v) is 11.2. The van der Waals surface area contributed by atoms with E-state index in [1.165, 1.54) is 50.1 Å². The Morgan fingerprint density at radius 2 is 1.06 bits per heavy atom. The molecule has 0 aliphatic rings. The van der Waals surface area contributed by atoms with Crippen LogP contribution in [0.2, 0.25) is 0 Å². The maximum Gasteiger partial charge on any atom is 0.0426 e. The lowest BCUT2D eigenvalue weighted by molar-refractivity contribution is 0.682. The first kappa shape index (κ1) is 21.1. The fourth-order valence-corrected chi connectivity index (χ4v) is 4.64. The lowest BCUT2D eigenvalue weighted by Gasteiger charge is -2.34. The Morgan fingerprint density at radius 3 is 1.61 bits per heavy atom. The van der Waals surface area contributed by atoms with E-state index in [-0.39, 0.29) is 5.41 Å². The van der Waals surface area contributed by atoms with E-state index in [0.29, 0.717) is 0 Å². The highest BCUT2D eigenvalue weighted by Crippen LogP contribution is 2.41. The number of rotatable bonds is 5. The Bertz CT molecular complexity index is 1140. The topological polar surface area (TPSA) is 0 Å². The van der Waals surface area contributed by atoms with Gasteiger partial charge in [0.2, 0.25) is 0 Å². The minimum Gasteiger partial charge on any atom is -0.0622 e. The summed E-state index contributed by atoms with van der Waals surface area (Å²) in [5.41, 5.74) is 12.0. The average molecular weight is 405 g/mol. The van der Waals surface area contributed by atoms with E-state index in [9.17, 15) is 0 Å². The monoisotopic (exact) mass is 404 g/mol. The van der Waals surface area contributed by atoms with E-state index in [0.717, 1.165) is 6.42 Å². The molecule has 0 nitrogen and oxygen atoms in total. The quantitative estimate of drug-likeness (QED) is 0.297. The predicted molar refractivity (Wildman–Crippen MR) is 133 cm³/mol. The van der Waals surface area contributed by atoms with Crippen LogP contribution in [0.1, 0.15) is 57.0 Å². The molecule has 0 atom stereocenters. The van der Waals surface area contributed by atoms with Crippen molar-refractivity contribution >= 4 is 0 Å². The molecule has 4 rings (SSSR count). The molecule has 31 heavy (non-hydrogen) atoms. The van der Waals surface area contributed by atoms with E-state index < -0.39 is 0 Å². The van der Waals surface area contributed by atoms with Crippen LogP contribution in [0.3, 0.4) is 0 Å². The number of hydrogen-bond donors (Lipinski definition) is 0. The molecular weight excluding hydrogens is 372 g/mol. The van der Waals surface area contributed by atoms with Gasteiger partial charge in [0.1, 0.15) is 0 Å². The van der Waals surface area contributed by atoms with E-state index >= 15 is 0 Å². The van der Waals surface area contributed by atoms with Crippen LogP contribution in [0.4, 0.5) is 0 Å². The van der Waals surface area contributed by atoms with Crippen LogP contribution >= 0.6 is 0 Å². The maximum atomic E-state index is 2.42. The smallest absolute Gasteiger partial charge is 0.0426 e. The van der Waals surface area contributed by atoms with Crippen LogP contribution in [0.25, 0.3) is 0 Å². The molecule has 0 unspecified atom stereocenters. The zero-order chi connectivity index (χ0) is 22.0.